The van der Waals surface area contributed by atoms with E-state index in [9.17, 15) is 0 Å². The molecule has 0 unspecified atom stereocenters. The molecule has 0 saturated heterocycles. The Balaban J connectivity index is 1.06. The lowest BCUT2D eigenvalue weighted by Crippen LogP contribution is -1.96. The van der Waals surface area contributed by atoms with Crippen molar-refractivity contribution in [3.63, 3.8) is 0 Å². The molecule has 252 valence electrons. The molecule has 1 aliphatic heterocycles. The van der Waals surface area contributed by atoms with Gasteiger partial charge < -0.3 is 0 Å². The second-order valence-electron chi connectivity index (χ2n) is 14.5. The van der Waals surface area contributed by atoms with Gasteiger partial charge >= 0.3 is 0 Å². The molecule has 0 radical (unpaired) electrons. The van der Waals surface area contributed by atoms with Crippen LogP contribution in [0.25, 0.3) is 87.5 Å². The molecular weight excluding hydrogens is 681 g/mol. The first-order chi connectivity index (χ1) is 26.0. The lowest BCUT2D eigenvalue weighted by atomic mass is 9.90. The maximum absolute atomic E-state index is 5.38. The third-order valence-corrected chi connectivity index (χ3v) is 15.2. The molecule has 4 heteroatoms. The molecule has 2 aromatic heterocycles. The van der Waals surface area contributed by atoms with Crippen molar-refractivity contribution in [1.29, 1.82) is 0 Å². The third kappa shape index (κ3) is 4.66. The summed E-state index contributed by atoms with van der Waals surface area (Å²) in [4.78, 5) is 14.7. The highest BCUT2D eigenvalue weighted by Crippen LogP contribution is 2.68. The first-order valence-electron chi connectivity index (χ1n) is 18.1. The van der Waals surface area contributed by atoms with Crippen LogP contribution in [0.4, 0.5) is 0 Å². The lowest BCUT2D eigenvalue weighted by Gasteiger charge is -2.29. The van der Waals surface area contributed by atoms with E-state index in [0.717, 1.165) is 44.8 Å². The zero-order valence-electron chi connectivity index (χ0n) is 29.4. The van der Waals surface area contributed by atoms with Crippen molar-refractivity contribution in [2.75, 3.05) is 12.5 Å². The number of hydrogen-bond acceptors (Lipinski definition) is 3. The van der Waals surface area contributed by atoms with Crippen molar-refractivity contribution in [2.24, 2.45) is 0 Å². The minimum Gasteiger partial charge on any atom is -0.227 e. The van der Waals surface area contributed by atoms with E-state index in [-0.39, 0.29) is 0 Å². The Morgan fingerprint density at radius 3 is 1.96 bits per heavy atom. The van der Waals surface area contributed by atoms with E-state index in [1.54, 1.807) is 11.3 Å². The summed E-state index contributed by atoms with van der Waals surface area (Å²) in [5.74, 6) is 0.748. The van der Waals surface area contributed by atoms with Gasteiger partial charge in [-0.15, -0.1) is 11.3 Å². The molecule has 53 heavy (non-hydrogen) atoms. The standard InChI is InChI=1S/C49H34N2S2/c1-53(2)44-27-32(24-25-38(44)42-29-41-33(28-45(42)53)26-31-16-6-7-18-35(31)41)34-17-8-9-19-36(34)37-20-10-11-21-39(37)48-50-47(30-14-4-3-5-15-30)46-40-22-12-13-23-43(40)52-49(46)51-48/h3-25,27-29H,26H2,1-2H3. The van der Waals surface area contributed by atoms with Gasteiger partial charge in [0, 0.05) is 36.4 Å². The monoisotopic (exact) mass is 714 g/mol. The highest BCUT2D eigenvalue weighted by molar-refractivity contribution is 8.33. The van der Waals surface area contributed by atoms with Crippen LogP contribution >= 0.6 is 21.4 Å². The van der Waals surface area contributed by atoms with E-state index in [4.69, 9.17) is 9.97 Å². The molecule has 3 heterocycles. The van der Waals surface area contributed by atoms with E-state index < -0.39 is 10.0 Å². The first kappa shape index (κ1) is 30.8. The average Bonchev–Trinajstić information content (AvgIpc) is 3.84. The van der Waals surface area contributed by atoms with Crippen LogP contribution in [0.2, 0.25) is 0 Å². The molecule has 0 atom stereocenters. The van der Waals surface area contributed by atoms with E-state index >= 15 is 0 Å². The van der Waals surface area contributed by atoms with Gasteiger partial charge in [-0.05, 0) is 98.8 Å². The Labute approximate surface area is 314 Å². The fourth-order valence-corrected chi connectivity index (χ4v) is 12.3. The molecule has 2 nitrogen and oxygen atoms in total. The van der Waals surface area contributed by atoms with Crippen molar-refractivity contribution in [3.8, 4) is 67.2 Å². The van der Waals surface area contributed by atoms with E-state index in [2.05, 4.69) is 170 Å². The van der Waals surface area contributed by atoms with Gasteiger partial charge in [0.1, 0.15) is 4.83 Å². The molecule has 1 aliphatic carbocycles. The molecule has 0 saturated carbocycles. The number of hydrogen-bond donors (Lipinski definition) is 0. The Morgan fingerprint density at radius 2 is 1.13 bits per heavy atom. The smallest absolute Gasteiger partial charge is 0.162 e. The summed E-state index contributed by atoms with van der Waals surface area (Å²) in [5.41, 5.74) is 16.4. The predicted octanol–water partition coefficient (Wildman–Crippen LogP) is 13.5. The predicted molar refractivity (Wildman–Crippen MR) is 226 cm³/mol. The molecule has 0 amide bonds. The van der Waals surface area contributed by atoms with Gasteiger partial charge in [-0.1, -0.05) is 133 Å². The first-order valence-corrected chi connectivity index (χ1v) is 21.4. The van der Waals surface area contributed by atoms with Crippen LogP contribution < -0.4 is 0 Å². The summed E-state index contributed by atoms with van der Waals surface area (Å²) in [6.45, 7) is 0. The number of thiophene rings is 1. The number of fused-ring (bicyclic) bond motifs is 9. The molecule has 0 bridgehead atoms. The van der Waals surface area contributed by atoms with Crippen LogP contribution in [0.5, 0.6) is 0 Å². The lowest BCUT2D eigenvalue weighted by molar-refractivity contribution is 1.24. The van der Waals surface area contributed by atoms with Crippen molar-refractivity contribution >= 4 is 41.7 Å². The minimum absolute atomic E-state index is 0.748. The van der Waals surface area contributed by atoms with Gasteiger partial charge in [-0.25, -0.2) is 9.97 Å². The molecule has 9 aromatic rings. The van der Waals surface area contributed by atoms with Gasteiger partial charge in [-0.2, -0.15) is 10.0 Å². The number of benzene rings is 7. The Morgan fingerprint density at radius 1 is 0.472 bits per heavy atom. The van der Waals surface area contributed by atoms with Crippen molar-refractivity contribution in [2.45, 2.75) is 16.2 Å². The summed E-state index contributed by atoms with van der Waals surface area (Å²) in [6, 6.07) is 57.7. The van der Waals surface area contributed by atoms with E-state index in [0.29, 0.717) is 0 Å². The molecule has 2 aliphatic rings. The zero-order chi connectivity index (χ0) is 35.3. The maximum atomic E-state index is 5.38. The molecule has 0 fully saturated rings. The molecule has 0 N–H and O–H groups in total. The van der Waals surface area contributed by atoms with Crippen molar-refractivity contribution < 1.29 is 0 Å². The van der Waals surface area contributed by atoms with Crippen molar-refractivity contribution in [1.82, 2.24) is 9.97 Å². The third-order valence-electron chi connectivity index (χ3n) is 11.2. The summed E-state index contributed by atoms with van der Waals surface area (Å²) in [6.07, 6.45) is 5.97. The second kappa shape index (κ2) is 11.6. The van der Waals surface area contributed by atoms with Crippen LogP contribution in [0.15, 0.2) is 168 Å². The summed E-state index contributed by atoms with van der Waals surface area (Å²) in [5, 5.41) is 2.33. The number of rotatable bonds is 4. The Hall–Kier alpha value is -5.81. The van der Waals surface area contributed by atoms with Crippen LogP contribution in [-0.4, -0.2) is 22.5 Å². The minimum atomic E-state index is -1.21. The fourth-order valence-electron chi connectivity index (χ4n) is 8.68. The van der Waals surface area contributed by atoms with Gasteiger partial charge in [-0.3, -0.25) is 0 Å². The van der Waals surface area contributed by atoms with Gasteiger partial charge in [0.25, 0.3) is 0 Å². The Bertz CT molecular complexity index is 2960. The topological polar surface area (TPSA) is 25.8 Å². The normalized spacial score (nSPS) is 14.2. The fraction of sp³-hybridized carbons (Fsp3) is 0.0612. The highest BCUT2D eigenvalue weighted by atomic mass is 32.3. The zero-order valence-corrected chi connectivity index (χ0v) is 31.1. The van der Waals surface area contributed by atoms with Crippen molar-refractivity contribution in [3.05, 3.63) is 169 Å². The molecular formula is C49H34N2S2. The second-order valence-corrected chi connectivity index (χ2v) is 19.1. The SMILES string of the molecule is CS1(C)c2cc(-c3ccccc3-c3ccccc3-c3nc(-c4ccccc4)c4c(n3)sc3ccccc34)ccc2-c2cc3c(cc21)Cc1ccccc1-3. The van der Waals surface area contributed by atoms with Gasteiger partial charge in [0.05, 0.1) is 5.69 Å². The molecule has 0 spiro atoms. The number of aromatic nitrogens is 2. The molecule has 11 rings (SSSR count). The largest absolute Gasteiger partial charge is 0.227 e. The van der Waals surface area contributed by atoms with E-state index in [1.165, 1.54) is 69.9 Å². The van der Waals surface area contributed by atoms with Crippen LogP contribution in [0.1, 0.15) is 11.1 Å². The van der Waals surface area contributed by atoms with Crippen LogP contribution in [-0.2, 0) is 6.42 Å². The van der Waals surface area contributed by atoms with Crippen LogP contribution in [0, 0.1) is 0 Å². The van der Waals surface area contributed by atoms with E-state index in [1.807, 2.05) is 0 Å². The van der Waals surface area contributed by atoms with Gasteiger partial charge in [0.15, 0.2) is 5.82 Å². The molecule has 7 aromatic carbocycles. The summed E-state index contributed by atoms with van der Waals surface area (Å²) < 4.78 is 1.23. The van der Waals surface area contributed by atoms with Crippen LogP contribution in [0.3, 0.4) is 0 Å². The average molecular weight is 715 g/mol. The quantitative estimate of drug-likeness (QED) is 0.181. The number of nitrogens with zero attached hydrogens (tertiary/aromatic N) is 2. The summed E-state index contributed by atoms with van der Waals surface area (Å²) in [7, 11) is -1.21. The Kier molecular flexibility index (Phi) is 6.74. The summed E-state index contributed by atoms with van der Waals surface area (Å²) >= 11 is 1.74. The maximum Gasteiger partial charge on any atom is 0.162 e. The highest BCUT2D eigenvalue weighted by Gasteiger charge is 2.34. The van der Waals surface area contributed by atoms with Gasteiger partial charge in [0.2, 0.25) is 0 Å².